The summed E-state index contributed by atoms with van der Waals surface area (Å²) in [5.41, 5.74) is 6.49. The van der Waals surface area contributed by atoms with Gasteiger partial charge in [0.05, 0.1) is 13.2 Å². The number of carbonyl (C=O) groups is 1. The molecule has 1 rings (SSSR count). The molecule has 0 aromatic heterocycles. The highest BCUT2D eigenvalue weighted by Gasteiger charge is 2.05. The summed E-state index contributed by atoms with van der Waals surface area (Å²) in [4.78, 5) is 11.6. The Kier molecular flexibility index (Phi) is 9.19. The molecule has 0 saturated carbocycles. The van der Waals surface area contributed by atoms with E-state index in [0.717, 1.165) is 12.0 Å². The Balaban J connectivity index is 2.11. The number of methoxy groups -OCH3 is 1. The first-order valence-corrected chi connectivity index (χ1v) is 7.02. The molecule has 6 heteroatoms. The summed E-state index contributed by atoms with van der Waals surface area (Å²) in [7, 11) is 1.63. The Morgan fingerprint density at radius 1 is 1.24 bits per heavy atom. The maximum atomic E-state index is 11.6. The van der Waals surface area contributed by atoms with Gasteiger partial charge < -0.3 is 25.3 Å². The molecule has 0 saturated heterocycles. The van der Waals surface area contributed by atoms with Gasteiger partial charge in [0, 0.05) is 32.4 Å². The van der Waals surface area contributed by atoms with Crippen LogP contribution in [0, 0.1) is 0 Å². The van der Waals surface area contributed by atoms with E-state index in [0.29, 0.717) is 38.7 Å². The highest BCUT2D eigenvalue weighted by molar-refractivity contribution is 5.77. The minimum atomic E-state index is -0.154. The second-order valence-electron chi connectivity index (χ2n) is 4.41. The zero-order chi connectivity index (χ0) is 15.3. The van der Waals surface area contributed by atoms with E-state index in [9.17, 15) is 4.79 Å². The maximum absolute atomic E-state index is 11.6. The van der Waals surface area contributed by atoms with Crippen molar-refractivity contribution < 1.29 is 19.0 Å². The molecule has 0 spiro atoms. The number of para-hydroxylation sites is 1. The second-order valence-corrected chi connectivity index (χ2v) is 4.41. The van der Waals surface area contributed by atoms with E-state index >= 15 is 0 Å². The summed E-state index contributed by atoms with van der Waals surface area (Å²) in [6.07, 6.45) is 0.759. The van der Waals surface area contributed by atoms with Crippen LogP contribution in [0.1, 0.15) is 12.0 Å². The number of benzene rings is 1. The summed E-state index contributed by atoms with van der Waals surface area (Å²) in [6.45, 7) is 2.69. The molecule has 0 unspecified atom stereocenters. The van der Waals surface area contributed by atoms with Crippen LogP contribution in [-0.4, -0.2) is 46.0 Å². The van der Waals surface area contributed by atoms with Crippen molar-refractivity contribution in [1.29, 1.82) is 0 Å². The number of hydrogen-bond acceptors (Lipinski definition) is 5. The normalized spacial score (nSPS) is 10.4. The van der Waals surface area contributed by atoms with E-state index in [2.05, 4.69) is 5.32 Å². The van der Waals surface area contributed by atoms with Crippen LogP contribution in [0.25, 0.3) is 0 Å². The third kappa shape index (κ3) is 7.65. The van der Waals surface area contributed by atoms with Gasteiger partial charge in [-0.2, -0.15) is 0 Å². The molecule has 0 bridgehead atoms. The van der Waals surface area contributed by atoms with Crippen molar-refractivity contribution in [3.05, 3.63) is 29.8 Å². The van der Waals surface area contributed by atoms with E-state index in [-0.39, 0.29) is 12.5 Å². The van der Waals surface area contributed by atoms with Crippen LogP contribution in [-0.2, 0) is 20.8 Å². The van der Waals surface area contributed by atoms with Gasteiger partial charge in [-0.3, -0.25) is 4.79 Å². The molecule has 1 aromatic carbocycles. The predicted octanol–water partition coefficient (Wildman–Crippen LogP) is 0.693. The van der Waals surface area contributed by atoms with Crippen LogP contribution in [0.4, 0.5) is 0 Å². The fraction of sp³-hybridized carbons (Fsp3) is 0.533. The number of ether oxygens (including phenoxy) is 3. The molecule has 0 atom stereocenters. The van der Waals surface area contributed by atoms with E-state index in [1.165, 1.54) is 0 Å². The SMILES string of the molecule is COCCOCCCNC(=O)COc1ccccc1CN. The number of hydrogen-bond donors (Lipinski definition) is 2. The fourth-order valence-electron chi connectivity index (χ4n) is 1.65. The lowest BCUT2D eigenvalue weighted by Gasteiger charge is -2.10. The summed E-state index contributed by atoms with van der Waals surface area (Å²) in [5.74, 6) is 0.497. The van der Waals surface area contributed by atoms with Crippen LogP contribution >= 0.6 is 0 Å². The Labute approximate surface area is 125 Å². The molecule has 0 heterocycles. The minimum absolute atomic E-state index is 0.0124. The van der Waals surface area contributed by atoms with Gasteiger partial charge in [0.25, 0.3) is 5.91 Å². The van der Waals surface area contributed by atoms with Gasteiger partial charge in [-0.15, -0.1) is 0 Å². The van der Waals surface area contributed by atoms with Crippen LogP contribution in [0.5, 0.6) is 5.75 Å². The molecule has 0 aliphatic heterocycles. The summed E-state index contributed by atoms with van der Waals surface area (Å²) >= 11 is 0. The lowest BCUT2D eigenvalue weighted by Crippen LogP contribution is -2.30. The Hall–Kier alpha value is -1.63. The Morgan fingerprint density at radius 3 is 2.81 bits per heavy atom. The van der Waals surface area contributed by atoms with Crippen LogP contribution < -0.4 is 15.8 Å². The molecule has 118 valence electrons. The van der Waals surface area contributed by atoms with Gasteiger partial charge in [-0.25, -0.2) is 0 Å². The Morgan fingerprint density at radius 2 is 2.05 bits per heavy atom. The molecule has 0 fully saturated rings. The number of rotatable bonds is 11. The lowest BCUT2D eigenvalue weighted by atomic mass is 10.2. The van der Waals surface area contributed by atoms with Gasteiger partial charge in [0.2, 0.25) is 0 Å². The first-order chi connectivity index (χ1) is 10.3. The molecule has 1 amide bonds. The first kappa shape index (κ1) is 17.4. The van der Waals surface area contributed by atoms with Crippen molar-refractivity contribution in [1.82, 2.24) is 5.32 Å². The zero-order valence-corrected chi connectivity index (χ0v) is 12.5. The number of nitrogens with two attached hydrogens (primary N) is 1. The van der Waals surface area contributed by atoms with Crippen molar-refractivity contribution in [2.45, 2.75) is 13.0 Å². The zero-order valence-electron chi connectivity index (χ0n) is 12.5. The van der Waals surface area contributed by atoms with Crippen LogP contribution in [0.2, 0.25) is 0 Å². The topological polar surface area (TPSA) is 82.8 Å². The molecular weight excluding hydrogens is 272 g/mol. The molecule has 0 radical (unpaired) electrons. The summed E-state index contributed by atoms with van der Waals surface area (Å²) in [5, 5.41) is 2.77. The quantitative estimate of drug-likeness (QED) is 0.587. The maximum Gasteiger partial charge on any atom is 0.257 e. The molecule has 21 heavy (non-hydrogen) atoms. The third-order valence-electron chi connectivity index (χ3n) is 2.77. The minimum Gasteiger partial charge on any atom is -0.483 e. The van der Waals surface area contributed by atoms with Gasteiger partial charge in [-0.1, -0.05) is 18.2 Å². The number of amides is 1. The van der Waals surface area contributed by atoms with E-state index in [1.54, 1.807) is 13.2 Å². The molecule has 6 nitrogen and oxygen atoms in total. The molecule has 0 aliphatic carbocycles. The molecule has 3 N–H and O–H groups in total. The smallest absolute Gasteiger partial charge is 0.257 e. The number of nitrogens with one attached hydrogen (secondary N) is 1. The van der Waals surface area contributed by atoms with E-state index in [4.69, 9.17) is 19.9 Å². The van der Waals surface area contributed by atoms with Crippen molar-refractivity contribution in [2.75, 3.05) is 40.1 Å². The van der Waals surface area contributed by atoms with Crippen molar-refractivity contribution in [3.8, 4) is 5.75 Å². The molecular formula is C15H24N2O4. The predicted molar refractivity (Wildman–Crippen MR) is 80.2 cm³/mol. The van der Waals surface area contributed by atoms with E-state index in [1.807, 2.05) is 18.2 Å². The van der Waals surface area contributed by atoms with Crippen LogP contribution in [0.15, 0.2) is 24.3 Å². The van der Waals surface area contributed by atoms with Gasteiger partial charge in [-0.05, 0) is 12.5 Å². The molecule has 1 aromatic rings. The fourth-order valence-corrected chi connectivity index (χ4v) is 1.65. The van der Waals surface area contributed by atoms with Gasteiger partial charge >= 0.3 is 0 Å². The molecule has 0 aliphatic rings. The average Bonchev–Trinajstić information content (AvgIpc) is 2.52. The highest BCUT2D eigenvalue weighted by Crippen LogP contribution is 2.16. The van der Waals surface area contributed by atoms with E-state index < -0.39 is 0 Å². The second kappa shape index (κ2) is 11.1. The van der Waals surface area contributed by atoms with Crippen molar-refractivity contribution >= 4 is 5.91 Å². The monoisotopic (exact) mass is 296 g/mol. The van der Waals surface area contributed by atoms with Crippen LogP contribution in [0.3, 0.4) is 0 Å². The van der Waals surface area contributed by atoms with Gasteiger partial charge in [0.15, 0.2) is 6.61 Å². The lowest BCUT2D eigenvalue weighted by molar-refractivity contribution is -0.123. The Bertz CT molecular complexity index is 412. The summed E-state index contributed by atoms with van der Waals surface area (Å²) in [6, 6.07) is 7.42. The average molecular weight is 296 g/mol. The van der Waals surface area contributed by atoms with Gasteiger partial charge in [0.1, 0.15) is 5.75 Å². The third-order valence-corrected chi connectivity index (χ3v) is 2.77. The standard InChI is InChI=1S/C15H24N2O4/c1-19-9-10-20-8-4-7-17-15(18)12-21-14-6-3-2-5-13(14)11-16/h2-3,5-6H,4,7-12,16H2,1H3,(H,17,18). The largest absolute Gasteiger partial charge is 0.483 e. The highest BCUT2D eigenvalue weighted by atomic mass is 16.5. The number of carbonyl (C=O) groups excluding carboxylic acids is 1. The van der Waals surface area contributed by atoms with Crippen molar-refractivity contribution in [3.63, 3.8) is 0 Å². The first-order valence-electron chi connectivity index (χ1n) is 7.02. The summed E-state index contributed by atoms with van der Waals surface area (Å²) < 4.78 is 15.6. The van der Waals surface area contributed by atoms with Crippen molar-refractivity contribution in [2.24, 2.45) is 5.73 Å².